The lowest BCUT2D eigenvalue weighted by molar-refractivity contribution is 0.547. The maximum absolute atomic E-state index is 12.4. The Labute approximate surface area is 124 Å². The Bertz CT molecular complexity index is 607. The highest BCUT2D eigenvalue weighted by atomic mass is 32.2. The van der Waals surface area contributed by atoms with Gasteiger partial charge in [0.2, 0.25) is 0 Å². The molecule has 0 saturated heterocycles. The monoisotopic (exact) mass is 309 g/mol. The second-order valence-corrected chi connectivity index (χ2v) is 7.84. The predicted molar refractivity (Wildman–Crippen MR) is 83.8 cm³/mol. The Hall–Kier alpha value is -1.17. The third kappa shape index (κ3) is 3.91. The number of thiophene rings is 1. The lowest BCUT2D eigenvalue weighted by Crippen LogP contribution is -2.28. The number of hydrogen-bond donors (Lipinski definition) is 1. The van der Waals surface area contributed by atoms with E-state index in [4.69, 9.17) is 0 Å². The molecule has 20 heavy (non-hydrogen) atoms. The molecule has 0 bridgehead atoms. The van der Waals surface area contributed by atoms with Crippen molar-refractivity contribution in [2.75, 3.05) is 12.3 Å². The zero-order chi connectivity index (χ0) is 14.4. The van der Waals surface area contributed by atoms with Gasteiger partial charge in [0.1, 0.15) is 4.21 Å². The molecule has 1 atom stereocenters. The van der Waals surface area contributed by atoms with Crippen LogP contribution in [0.4, 0.5) is 0 Å². The van der Waals surface area contributed by atoms with E-state index in [1.165, 1.54) is 11.3 Å². The zero-order valence-electron chi connectivity index (χ0n) is 11.5. The van der Waals surface area contributed by atoms with E-state index in [1.54, 1.807) is 17.5 Å². The van der Waals surface area contributed by atoms with Crippen LogP contribution in [0.5, 0.6) is 0 Å². The minimum atomic E-state index is -3.24. The fourth-order valence-electron chi connectivity index (χ4n) is 2.02. The summed E-state index contributed by atoms with van der Waals surface area (Å²) in [6, 6.07) is 13.0. The van der Waals surface area contributed by atoms with Crippen molar-refractivity contribution >= 4 is 21.2 Å². The maximum atomic E-state index is 12.4. The van der Waals surface area contributed by atoms with Crippen LogP contribution in [0.15, 0.2) is 52.1 Å². The van der Waals surface area contributed by atoms with Gasteiger partial charge in [-0.05, 0) is 30.0 Å². The van der Waals surface area contributed by atoms with Crippen molar-refractivity contribution in [3.63, 3.8) is 0 Å². The first-order valence-electron chi connectivity index (χ1n) is 6.68. The van der Waals surface area contributed by atoms with E-state index in [2.05, 4.69) is 12.2 Å². The fraction of sp³-hybridized carbons (Fsp3) is 0.333. The van der Waals surface area contributed by atoms with Crippen LogP contribution in [0.2, 0.25) is 0 Å². The van der Waals surface area contributed by atoms with E-state index in [0.29, 0.717) is 4.21 Å². The quantitative estimate of drug-likeness (QED) is 0.854. The first-order valence-corrected chi connectivity index (χ1v) is 9.21. The number of sulfone groups is 1. The van der Waals surface area contributed by atoms with Gasteiger partial charge in [0.25, 0.3) is 0 Å². The van der Waals surface area contributed by atoms with E-state index in [-0.39, 0.29) is 11.8 Å². The van der Waals surface area contributed by atoms with Crippen molar-refractivity contribution in [3.8, 4) is 0 Å². The molecule has 0 aliphatic heterocycles. The molecule has 0 aliphatic rings. The normalized spacial score (nSPS) is 13.2. The molecule has 0 saturated carbocycles. The molecule has 0 radical (unpaired) electrons. The molecule has 2 rings (SSSR count). The molecule has 1 unspecified atom stereocenters. The minimum absolute atomic E-state index is 0.0948. The molecule has 1 N–H and O–H groups in total. The van der Waals surface area contributed by atoms with Gasteiger partial charge in [-0.2, -0.15) is 0 Å². The van der Waals surface area contributed by atoms with Crippen LogP contribution >= 0.6 is 11.3 Å². The third-order valence-electron chi connectivity index (χ3n) is 3.03. The molecular weight excluding hydrogens is 290 g/mol. The van der Waals surface area contributed by atoms with Gasteiger partial charge in [-0.1, -0.05) is 43.3 Å². The van der Waals surface area contributed by atoms with Crippen molar-refractivity contribution in [2.24, 2.45) is 0 Å². The molecule has 1 aromatic heterocycles. The Morgan fingerprint density at radius 3 is 2.50 bits per heavy atom. The average molecular weight is 309 g/mol. The van der Waals surface area contributed by atoms with Crippen LogP contribution < -0.4 is 5.32 Å². The second-order valence-electron chi connectivity index (χ2n) is 4.63. The van der Waals surface area contributed by atoms with Crippen LogP contribution in [0.25, 0.3) is 0 Å². The Kier molecular flexibility index (Phi) is 5.34. The van der Waals surface area contributed by atoms with E-state index in [1.807, 2.05) is 30.3 Å². The van der Waals surface area contributed by atoms with Crippen LogP contribution in [-0.2, 0) is 9.84 Å². The molecule has 2 aromatic rings. The Balaban J connectivity index is 2.20. The highest BCUT2D eigenvalue weighted by molar-refractivity contribution is 7.93. The van der Waals surface area contributed by atoms with Crippen molar-refractivity contribution in [3.05, 3.63) is 53.4 Å². The summed E-state index contributed by atoms with van der Waals surface area (Å²) < 4.78 is 25.3. The van der Waals surface area contributed by atoms with Crippen LogP contribution in [0.3, 0.4) is 0 Å². The van der Waals surface area contributed by atoms with Crippen molar-refractivity contribution < 1.29 is 8.42 Å². The standard InChI is InChI=1S/C15H19NO2S2/c1-2-10-16-14(13-7-4-3-5-8-13)12-20(17,18)15-9-6-11-19-15/h3-9,11,14,16H,2,10,12H2,1H3. The van der Waals surface area contributed by atoms with Crippen molar-refractivity contribution in [2.45, 2.75) is 23.6 Å². The second kappa shape index (κ2) is 7.02. The van der Waals surface area contributed by atoms with Crippen LogP contribution in [0.1, 0.15) is 24.9 Å². The molecule has 1 heterocycles. The van der Waals surface area contributed by atoms with E-state index < -0.39 is 9.84 Å². The molecule has 1 aromatic carbocycles. The molecule has 0 aliphatic carbocycles. The highest BCUT2D eigenvalue weighted by Gasteiger charge is 2.22. The Morgan fingerprint density at radius 2 is 1.90 bits per heavy atom. The summed E-state index contributed by atoms with van der Waals surface area (Å²) in [7, 11) is -3.24. The van der Waals surface area contributed by atoms with E-state index in [0.717, 1.165) is 18.5 Å². The highest BCUT2D eigenvalue weighted by Crippen LogP contribution is 2.23. The summed E-state index contributed by atoms with van der Waals surface area (Å²) in [5.41, 5.74) is 1.01. The summed E-state index contributed by atoms with van der Waals surface area (Å²) in [6.45, 7) is 2.88. The summed E-state index contributed by atoms with van der Waals surface area (Å²) in [5.74, 6) is 0.0948. The lowest BCUT2D eigenvalue weighted by Gasteiger charge is -2.18. The number of benzene rings is 1. The van der Waals surface area contributed by atoms with Gasteiger partial charge in [0, 0.05) is 6.04 Å². The van der Waals surface area contributed by atoms with Gasteiger partial charge in [-0.3, -0.25) is 0 Å². The number of rotatable bonds is 7. The van der Waals surface area contributed by atoms with Crippen molar-refractivity contribution in [1.29, 1.82) is 0 Å². The third-order valence-corrected chi connectivity index (χ3v) is 6.26. The van der Waals surface area contributed by atoms with Gasteiger partial charge in [0.15, 0.2) is 9.84 Å². The first kappa shape index (κ1) is 15.2. The van der Waals surface area contributed by atoms with Gasteiger partial charge >= 0.3 is 0 Å². The van der Waals surface area contributed by atoms with Crippen LogP contribution in [-0.4, -0.2) is 20.7 Å². The summed E-state index contributed by atoms with van der Waals surface area (Å²) in [6.07, 6.45) is 0.975. The largest absolute Gasteiger partial charge is 0.309 e. The molecule has 0 spiro atoms. The maximum Gasteiger partial charge on any atom is 0.189 e. The SMILES string of the molecule is CCCNC(CS(=O)(=O)c1cccs1)c1ccccc1. The summed E-state index contributed by atoms with van der Waals surface area (Å²) >= 11 is 1.28. The fourth-order valence-corrected chi connectivity index (χ4v) is 4.62. The van der Waals surface area contributed by atoms with E-state index in [9.17, 15) is 8.42 Å². The minimum Gasteiger partial charge on any atom is -0.309 e. The van der Waals surface area contributed by atoms with Gasteiger partial charge in [-0.15, -0.1) is 11.3 Å². The summed E-state index contributed by atoms with van der Waals surface area (Å²) in [5, 5.41) is 5.12. The van der Waals surface area contributed by atoms with Crippen molar-refractivity contribution in [1.82, 2.24) is 5.32 Å². The average Bonchev–Trinajstić information content (AvgIpc) is 2.99. The zero-order valence-corrected chi connectivity index (χ0v) is 13.1. The van der Waals surface area contributed by atoms with Crippen LogP contribution in [0, 0.1) is 0 Å². The smallest absolute Gasteiger partial charge is 0.189 e. The Morgan fingerprint density at radius 1 is 1.15 bits per heavy atom. The molecular formula is C15H19NO2S2. The molecule has 0 fully saturated rings. The molecule has 108 valence electrons. The lowest BCUT2D eigenvalue weighted by atomic mass is 10.1. The number of nitrogens with one attached hydrogen (secondary N) is 1. The molecule has 0 amide bonds. The first-order chi connectivity index (χ1) is 9.63. The summed E-state index contributed by atoms with van der Waals surface area (Å²) in [4.78, 5) is 0. The van der Waals surface area contributed by atoms with Gasteiger partial charge in [-0.25, -0.2) is 8.42 Å². The number of hydrogen-bond acceptors (Lipinski definition) is 4. The topological polar surface area (TPSA) is 46.2 Å². The van der Waals surface area contributed by atoms with E-state index >= 15 is 0 Å². The predicted octanol–water partition coefficient (Wildman–Crippen LogP) is 3.26. The molecule has 5 heteroatoms. The molecule has 3 nitrogen and oxygen atoms in total. The van der Waals surface area contributed by atoms with Gasteiger partial charge < -0.3 is 5.32 Å². The van der Waals surface area contributed by atoms with Gasteiger partial charge in [0.05, 0.1) is 5.75 Å².